The van der Waals surface area contributed by atoms with Gasteiger partial charge in [0.25, 0.3) is 0 Å². The highest BCUT2D eigenvalue weighted by atomic mass is 19.4. The molecule has 6 heteroatoms. The summed E-state index contributed by atoms with van der Waals surface area (Å²) in [7, 11) is 1.46. The molecule has 2 rings (SSSR count). The van der Waals surface area contributed by atoms with Crippen molar-refractivity contribution in [3.8, 4) is 5.75 Å². The minimum Gasteiger partial charge on any atom is -0.508 e. The molecule has 0 bridgehead atoms. The van der Waals surface area contributed by atoms with Gasteiger partial charge in [0.15, 0.2) is 0 Å². The topological polar surface area (TPSA) is 38.7 Å². The van der Waals surface area contributed by atoms with Crippen molar-refractivity contribution in [1.82, 2.24) is 0 Å². The molecule has 1 aromatic carbocycles. The lowest BCUT2D eigenvalue weighted by atomic mass is 9.85. The number of hydrogen-bond donors (Lipinski definition) is 1. The number of phenols is 1. The molecule has 1 aliphatic heterocycles. The Labute approximate surface area is 108 Å². The van der Waals surface area contributed by atoms with Crippen LogP contribution in [0.2, 0.25) is 0 Å². The van der Waals surface area contributed by atoms with Gasteiger partial charge in [-0.1, -0.05) is 0 Å². The molecule has 0 saturated carbocycles. The molecule has 0 amide bonds. The van der Waals surface area contributed by atoms with E-state index in [1.807, 2.05) is 0 Å². The number of aromatic hydroxyl groups is 1. The molecule has 1 aromatic rings. The van der Waals surface area contributed by atoms with E-state index in [1.54, 1.807) is 0 Å². The Bertz CT molecular complexity index is 451. The van der Waals surface area contributed by atoms with Gasteiger partial charge in [0, 0.05) is 33.2 Å². The van der Waals surface area contributed by atoms with Crippen LogP contribution in [-0.4, -0.2) is 25.4 Å². The Morgan fingerprint density at radius 2 is 1.84 bits per heavy atom. The van der Waals surface area contributed by atoms with E-state index in [0.29, 0.717) is 37.7 Å². The molecule has 0 atom stereocenters. The molecule has 1 heterocycles. The van der Waals surface area contributed by atoms with Crippen LogP contribution in [-0.2, 0) is 21.3 Å². The number of methoxy groups -OCH3 is 1. The molecule has 3 nitrogen and oxygen atoms in total. The third-order valence-corrected chi connectivity index (χ3v) is 3.46. The summed E-state index contributed by atoms with van der Waals surface area (Å²) in [5.74, 6) is -0.409. The standard InChI is InChI=1S/C13H15F3O3/c1-18-12(2-4-19-5-3-12)9-6-10(13(14,15)16)8-11(17)7-9/h6-8,17H,2-5H2,1H3. The fourth-order valence-corrected chi connectivity index (χ4v) is 2.35. The predicted octanol–water partition coefficient (Wildman–Crippen LogP) is 3.06. The first-order valence-corrected chi connectivity index (χ1v) is 5.92. The lowest BCUT2D eigenvalue weighted by Gasteiger charge is -2.36. The highest BCUT2D eigenvalue weighted by molar-refractivity contribution is 5.38. The van der Waals surface area contributed by atoms with Crippen LogP contribution in [0.15, 0.2) is 18.2 Å². The van der Waals surface area contributed by atoms with Crippen molar-refractivity contribution in [2.45, 2.75) is 24.6 Å². The maximum absolute atomic E-state index is 12.8. The fraction of sp³-hybridized carbons (Fsp3) is 0.538. The quantitative estimate of drug-likeness (QED) is 0.902. The zero-order chi connectivity index (χ0) is 14.1. The molecule has 0 radical (unpaired) electrons. The smallest absolute Gasteiger partial charge is 0.416 e. The van der Waals surface area contributed by atoms with E-state index in [2.05, 4.69) is 0 Å². The molecule has 0 aromatic heterocycles. The van der Waals surface area contributed by atoms with Crippen molar-refractivity contribution in [3.05, 3.63) is 29.3 Å². The van der Waals surface area contributed by atoms with Crippen LogP contribution in [0, 0.1) is 0 Å². The highest BCUT2D eigenvalue weighted by Crippen LogP contribution is 2.40. The van der Waals surface area contributed by atoms with E-state index in [0.717, 1.165) is 6.07 Å². The molecular formula is C13H15F3O3. The maximum atomic E-state index is 12.8. The zero-order valence-corrected chi connectivity index (χ0v) is 10.5. The van der Waals surface area contributed by atoms with E-state index in [4.69, 9.17) is 9.47 Å². The number of benzene rings is 1. The van der Waals surface area contributed by atoms with Gasteiger partial charge in [0.2, 0.25) is 0 Å². The van der Waals surface area contributed by atoms with E-state index in [1.165, 1.54) is 13.2 Å². The van der Waals surface area contributed by atoms with Crippen LogP contribution in [0.1, 0.15) is 24.0 Å². The van der Waals surface area contributed by atoms with Crippen LogP contribution in [0.3, 0.4) is 0 Å². The van der Waals surface area contributed by atoms with Gasteiger partial charge in [-0.2, -0.15) is 13.2 Å². The van der Waals surface area contributed by atoms with Gasteiger partial charge in [-0.05, 0) is 23.8 Å². The van der Waals surface area contributed by atoms with E-state index in [9.17, 15) is 18.3 Å². The number of alkyl halides is 3. The number of halogens is 3. The zero-order valence-electron chi connectivity index (χ0n) is 10.5. The summed E-state index contributed by atoms with van der Waals surface area (Å²) in [6, 6.07) is 3.07. The van der Waals surface area contributed by atoms with Gasteiger partial charge in [0.05, 0.1) is 11.2 Å². The largest absolute Gasteiger partial charge is 0.508 e. The SMILES string of the molecule is COC1(c2cc(O)cc(C(F)(F)F)c2)CCOCC1. The van der Waals surface area contributed by atoms with Crippen molar-refractivity contribution in [2.75, 3.05) is 20.3 Å². The van der Waals surface area contributed by atoms with Crippen LogP contribution in [0.5, 0.6) is 5.75 Å². The first-order valence-electron chi connectivity index (χ1n) is 5.92. The van der Waals surface area contributed by atoms with E-state index >= 15 is 0 Å². The summed E-state index contributed by atoms with van der Waals surface area (Å²) < 4.78 is 48.9. The summed E-state index contributed by atoms with van der Waals surface area (Å²) in [6.07, 6.45) is -3.57. The highest BCUT2D eigenvalue weighted by Gasteiger charge is 2.38. The van der Waals surface area contributed by atoms with Crippen molar-refractivity contribution < 1.29 is 27.8 Å². The van der Waals surface area contributed by atoms with Crippen LogP contribution in [0.25, 0.3) is 0 Å². The molecule has 0 spiro atoms. The minimum atomic E-state index is -4.49. The van der Waals surface area contributed by atoms with Gasteiger partial charge in [-0.3, -0.25) is 0 Å². The Morgan fingerprint density at radius 3 is 2.37 bits per heavy atom. The Balaban J connectivity index is 2.46. The summed E-state index contributed by atoms with van der Waals surface area (Å²) in [5.41, 5.74) is -1.35. The van der Waals surface area contributed by atoms with Gasteiger partial charge in [-0.25, -0.2) is 0 Å². The first-order chi connectivity index (χ1) is 8.87. The van der Waals surface area contributed by atoms with Gasteiger partial charge in [0.1, 0.15) is 5.75 Å². The third kappa shape index (κ3) is 2.84. The Kier molecular flexibility index (Phi) is 3.73. The fourth-order valence-electron chi connectivity index (χ4n) is 2.35. The van der Waals surface area contributed by atoms with Crippen LogP contribution >= 0.6 is 0 Å². The summed E-state index contributed by atoms with van der Waals surface area (Å²) in [4.78, 5) is 0. The average molecular weight is 276 g/mol. The summed E-state index contributed by atoms with van der Waals surface area (Å²) in [5, 5.41) is 9.51. The number of hydrogen-bond acceptors (Lipinski definition) is 3. The predicted molar refractivity (Wildman–Crippen MR) is 61.8 cm³/mol. The van der Waals surface area contributed by atoms with Crippen molar-refractivity contribution in [2.24, 2.45) is 0 Å². The Hall–Kier alpha value is -1.27. The first kappa shape index (κ1) is 14.1. The second-order valence-corrected chi connectivity index (χ2v) is 4.58. The average Bonchev–Trinajstić information content (AvgIpc) is 2.38. The van der Waals surface area contributed by atoms with Gasteiger partial charge in [-0.15, -0.1) is 0 Å². The normalized spacial score (nSPS) is 19.4. The monoisotopic (exact) mass is 276 g/mol. The molecule has 1 fully saturated rings. The second-order valence-electron chi connectivity index (χ2n) is 4.58. The molecule has 106 valence electrons. The second kappa shape index (κ2) is 5.02. The summed E-state index contributed by atoms with van der Waals surface area (Å²) >= 11 is 0. The molecule has 0 aliphatic carbocycles. The molecule has 1 aliphatic rings. The van der Waals surface area contributed by atoms with E-state index in [-0.39, 0.29) is 0 Å². The Morgan fingerprint density at radius 1 is 1.21 bits per heavy atom. The van der Waals surface area contributed by atoms with Gasteiger partial charge >= 0.3 is 6.18 Å². The van der Waals surface area contributed by atoms with Crippen LogP contribution < -0.4 is 0 Å². The van der Waals surface area contributed by atoms with Gasteiger partial charge < -0.3 is 14.6 Å². The molecular weight excluding hydrogens is 261 g/mol. The van der Waals surface area contributed by atoms with Crippen molar-refractivity contribution in [1.29, 1.82) is 0 Å². The lowest BCUT2D eigenvalue weighted by Crippen LogP contribution is -2.35. The number of rotatable bonds is 2. The van der Waals surface area contributed by atoms with E-state index < -0.39 is 23.1 Å². The van der Waals surface area contributed by atoms with Crippen molar-refractivity contribution >= 4 is 0 Å². The summed E-state index contributed by atoms with van der Waals surface area (Å²) in [6.45, 7) is 0.843. The molecule has 0 unspecified atom stereocenters. The number of ether oxygens (including phenoxy) is 2. The molecule has 1 N–H and O–H groups in total. The lowest BCUT2D eigenvalue weighted by molar-refractivity contribution is -0.138. The number of phenolic OH excluding ortho intramolecular Hbond substituents is 1. The van der Waals surface area contributed by atoms with Crippen molar-refractivity contribution in [3.63, 3.8) is 0 Å². The minimum absolute atomic E-state index is 0.339. The maximum Gasteiger partial charge on any atom is 0.416 e. The molecule has 1 saturated heterocycles. The molecule has 19 heavy (non-hydrogen) atoms. The van der Waals surface area contributed by atoms with Crippen LogP contribution in [0.4, 0.5) is 13.2 Å². The third-order valence-electron chi connectivity index (χ3n) is 3.46.